The molecule has 0 atom stereocenters. The first-order valence-electron chi connectivity index (χ1n) is 9.57. The second-order valence-electron chi connectivity index (χ2n) is 6.67. The van der Waals surface area contributed by atoms with Crippen molar-refractivity contribution < 1.29 is 23.5 Å². The first-order chi connectivity index (χ1) is 14.4. The van der Waals surface area contributed by atoms with E-state index in [0.717, 1.165) is 16.7 Å². The van der Waals surface area contributed by atoms with Crippen LogP contribution in [0, 0.1) is 12.7 Å². The molecule has 2 aromatic rings. The van der Waals surface area contributed by atoms with Crippen LogP contribution in [0.15, 0.2) is 54.6 Å². The van der Waals surface area contributed by atoms with Gasteiger partial charge in [-0.05, 0) is 43.2 Å². The smallest absolute Gasteiger partial charge is 0.331 e. The van der Waals surface area contributed by atoms with Crippen LogP contribution >= 0.6 is 0 Å². The molecule has 0 saturated heterocycles. The van der Waals surface area contributed by atoms with Crippen molar-refractivity contribution >= 4 is 23.9 Å². The SMILES string of the molecule is CCN(CC(=O)NCc1ccc(F)cc1)C(=O)COC(=O)/C=C/c1cccc(C)c1. The summed E-state index contributed by atoms with van der Waals surface area (Å²) in [6, 6.07) is 13.4. The second kappa shape index (κ2) is 11.5. The van der Waals surface area contributed by atoms with Crippen molar-refractivity contribution in [3.8, 4) is 0 Å². The summed E-state index contributed by atoms with van der Waals surface area (Å²) >= 11 is 0. The van der Waals surface area contributed by atoms with Crippen molar-refractivity contribution in [3.05, 3.63) is 77.1 Å². The van der Waals surface area contributed by atoms with Gasteiger partial charge in [0.05, 0.1) is 6.54 Å². The molecule has 0 radical (unpaired) electrons. The highest BCUT2D eigenvalue weighted by Gasteiger charge is 2.16. The minimum Gasteiger partial charge on any atom is -0.452 e. The Hall–Kier alpha value is -3.48. The molecule has 2 rings (SSSR count). The number of ether oxygens (including phenoxy) is 1. The van der Waals surface area contributed by atoms with Crippen LogP contribution in [-0.4, -0.2) is 42.4 Å². The van der Waals surface area contributed by atoms with Gasteiger partial charge in [0.25, 0.3) is 5.91 Å². The predicted molar refractivity (Wildman–Crippen MR) is 112 cm³/mol. The van der Waals surface area contributed by atoms with Gasteiger partial charge < -0.3 is 15.0 Å². The molecule has 1 N–H and O–H groups in total. The number of benzene rings is 2. The lowest BCUT2D eigenvalue weighted by Crippen LogP contribution is -2.42. The molecule has 0 spiro atoms. The van der Waals surface area contributed by atoms with E-state index < -0.39 is 18.5 Å². The number of nitrogens with one attached hydrogen (secondary N) is 1. The minimum absolute atomic E-state index is 0.160. The summed E-state index contributed by atoms with van der Waals surface area (Å²) in [4.78, 5) is 37.5. The minimum atomic E-state index is -0.637. The number of hydrogen-bond donors (Lipinski definition) is 1. The monoisotopic (exact) mass is 412 g/mol. The Labute approximate surface area is 175 Å². The fourth-order valence-corrected chi connectivity index (χ4v) is 2.62. The van der Waals surface area contributed by atoms with Gasteiger partial charge in [0.2, 0.25) is 5.91 Å². The fraction of sp³-hybridized carbons (Fsp3) is 0.261. The summed E-state index contributed by atoms with van der Waals surface area (Å²) in [7, 11) is 0. The maximum absolute atomic E-state index is 12.9. The molecular weight excluding hydrogens is 387 g/mol. The molecule has 30 heavy (non-hydrogen) atoms. The maximum Gasteiger partial charge on any atom is 0.331 e. The number of carbonyl (C=O) groups excluding carboxylic acids is 3. The Morgan fingerprint density at radius 1 is 1.13 bits per heavy atom. The van der Waals surface area contributed by atoms with Crippen molar-refractivity contribution in [2.24, 2.45) is 0 Å². The van der Waals surface area contributed by atoms with E-state index in [1.165, 1.54) is 23.1 Å². The Bertz CT molecular complexity index is 910. The largest absolute Gasteiger partial charge is 0.452 e. The zero-order chi connectivity index (χ0) is 21.9. The van der Waals surface area contributed by atoms with Gasteiger partial charge in [-0.3, -0.25) is 9.59 Å². The molecule has 0 bridgehead atoms. The number of aryl methyl sites for hydroxylation is 1. The van der Waals surface area contributed by atoms with Crippen molar-refractivity contribution in [1.82, 2.24) is 10.2 Å². The molecule has 0 heterocycles. The second-order valence-corrected chi connectivity index (χ2v) is 6.67. The zero-order valence-electron chi connectivity index (χ0n) is 17.1. The third-order valence-corrected chi connectivity index (χ3v) is 4.26. The van der Waals surface area contributed by atoms with E-state index in [9.17, 15) is 18.8 Å². The van der Waals surface area contributed by atoms with Gasteiger partial charge in [0.15, 0.2) is 6.61 Å². The van der Waals surface area contributed by atoms with E-state index in [2.05, 4.69) is 5.32 Å². The van der Waals surface area contributed by atoms with Gasteiger partial charge >= 0.3 is 5.97 Å². The van der Waals surface area contributed by atoms with Gasteiger partial charge in [-0.15, -0.1) is 0 Å². The van der Waals surface area contributed by atoms with Gasteiger partial charge in [0, 0.05) is 19.2 Å². The molecule has 0 aliphatic heterocycles. The van der Waals surface area contributed by atoms with Crippen LogP contribution in [0.25, 0.3) is 6.08 Å². The third-order valence-electron chi connectivity index (χ3n) is 4.26. The fourth-order valence-electron chi connectivity index (χ4n) is 2.62. The first kappa shape index (κ1) is 22.8. The third kappa shape index (κ3) is 7.87. The number of likely N-dealkylation sites (N-methyl/N-ethyl adjacent to an activating group) is 1. The number of nitrogens with zero attached hydrogens (tertiary/aromatic N) is 1. The highest BCUT2D eigenvalue weighted by molar-refractivity contribution is 5.90. The van der Waals surface area contributed by atoms with Crippen molar-refractivity contribution in [2.45, 2.75) is 20.4 Å². The normalized spacial score (nSPS) is 10.6. The standard InChI is InChI=1S/C23H25FN2O4/c1-3-26(15-21(27)25-14-19-7-10-20(24)11-8-19)22(28)16-30-23(29)12-9-18-6-4-5-17(2)13-18/h4-13H,3,14-16H2,1-2H3,(H,25,27)/b12-9+. The molecule has 158 valence electrons. The number of esters is 1. The molecule has 0 unspecified atom stereocenters. The number of carbonyl (C=O) groups is 3. The number of halogens is 1. The van der Waals surface area contributed by atoms with Crippen molar-refractivity contribution in [3.63, 3.8) is 0 Å². The van der Waals surface area contributed by atoms with E-state index >= 15 is 0 Å². The quantitative estimate of drug-likeness (QED) is 0.508. The summed E-state index contributed by atoms with van der Waals surface area (Å²) < 4.78 is 17.9. The Morgan fingerprint density at radius 3 is 2.53 bits per heavy atom. The zero-order valence-corrected chi connectivity index (χ0v) is 17.1. The van der Waals surface area contributed by atoms with Gasteiger partial charge in [0.1, 0.15) is 5.82 Å². The van der Waals surface area contributed by atoms with Gasteiger partial charge in [-0.2, -0.15) is 0 Å². The molecule has 2 amide bonds. The summed E-state index contributed by atoms with van der Waals surface area (Å²) in [5, 5.41) is 2.67. The number of hydrogen-bond acceptors (Lipinski definition) is 4. The Balaban J connectivity index is 1.77. The summed E-state index contributed by atoms with van der Waals surface area (Å²) in [6.45, 7) is 3.58. The number of rotatable bonds is 9. The Morgan fingerprint density at radius 2 is 1.87 bits per heavy atom. The van der Waals surface area contributed by atoms with E-state index in [-0.39, 0.29) is 24.8 Å². The first-order valence-corrected chi connectivity index (χ1v) is 9.57. The topological polar surface area (TPSA) is 75.7 Å². The van der Waals surface area contributed by atoms with Crippen LogP contribution in [0.5, 0.6) is 0 Å². The van der Waals surface area contributed by atoms with E-state index in [1.54, 1.807) is 25.1 Å². The lowest BCUT2D eigenvalue weighted by atomic mass is 10.1. The van der Waals surface area contributed by atoms with Crippen molar-refractivity contribution in [1.29, 1.82) is 0 Å². The Kier molecular flexibility index (Phi) is 8.75. The van der Waals surface area contributed by atoms with E-state index in [1.807, 2.05) is 31.2 Å². The van der Waals surface area contributed by atoms with Crippen LogP contribution < -0.4 is 5.32 Å². The average Bonchev–Trinajstić information content (AvgIpc) is 2.74. The summed E-state index contributed by atoms with van der Waals surface area (Å²) in [5.74, 6) is -1.82. The van der Waals surface area contributed by atoms with Gasteiger partial charge in [-0.25, -0.2) is 9.18 Å². The molecular formula is C23H25FN2O4. The molecule has 0 fully saturated rings. The van der Waals surface area contributed by atoms with E-state index in [0.29, 0.717) is 6.54 Å². The molecule has 7 heteroatoms. The molecule has 0 aromatic heterocycles. The summed E-state index contributed by atoms with van der Waals surface area (Å²) in [5.41, 5.74) is 2.66. The lowest BCUT2D eigenvalue weighted by Gasteiger charge is -2.20. The summed E-state index contributed by atoms with van der Waals surface area (Å²) in [6.07, 6.45) is 2.87. The van der Waals surface area contributed by atoms with Gasteiger partial charge in [-0.1, -0.05) is 42.0 Å². The van der Waals surface area contributed by atoms with Crippen LogP contribution in [-0.2, 0) is 25.7 Å². The molecule has 2 aromatic carbocycles. The van der Waals surface area contributed by atoms with Crippen LogP contribution in [0.4, 0.5) is 4.39 Å². The predicted octanol–water partition coefficient (Wildman–Crippen LogP) is 2.86. The average molecular weight is 412 g/mol. The highest BCUT2D eigenvalue weighted by Crippen LogP contribution is 2.06. The molecule has 0 aliphatic rings. The van der Waals surface area contributed by atoms with Crippen LogP contribution in [0.2, 0.25) is 0 Å². The number of amides is 2. The molecule has 0 aliphatic carbocycles. The molecule has 6 nitrogen and oxygen atoms in total. The lowest BCUT2D eigenvalue weighted by molar-refractivity contribution is -0.148. The van der Waals surface area contributed by atoms with Crippen LogP contribution in [0.1, 0.15) is 23.6 Å². The maximum atomic E-state index is 12.9. The molecule has 0 saturated carbocycles. The highest BCUT2D eigenvalue weighted by atomic mass is 19.1. The van der Waals surface area contributed by atoms with Crippen LogP contribution in [0.3, 0.4) is 0 Å². The van der Waals surface area contributed by atoms with E-state index in [4.69, 9.17) is 4.74 Å². The van der Waals surface area contributed by atoms with Crippen molar-refractivity contribution in [2.75, 3.05) is 19.7 Å².